The fraction of sp³-hybridized carbons (Fsp3) is 0.0435. The third kappa shape index (κ3) is 4.54. The molecule has 0 fully saturated rings. The molecule has 0 amide bonds. The second-order valence-corrected chi connectivity index (χ2v) is 5.85. The van der Waals surface area contributed by atoms with Crippen molar-refractivity contribution in [2.24, 2.45) is 10.2 Å². The maximum absolute atomic E-state index is 9.84. The van der Waals surface area contributed by atoms with Gasteiger partial charge in [0.2, 0.25) is 0 Å². The van der Waals surface area contributed by atoms with Gasteiger partial charge in [-0.1, -0.05) is 72.8 Å². The molecule has 0 atom stereocenters. The number of hydrogen-bond acceptors (Lipinski definition) is 3. The molecule has 3 aromatic carbocycles. The Kier molecular flexibility index (Phi) is 5.73. The van der Waals surface area contributed by atoms with E-state index < -0.39 is 0 Å². The van der Waals surface area contributed by atoms with Crippen LogP contribution < -0.4 is 0 Å². The smallest absolute Gasteiger partial charge is 0.124 e. The first kappa shape index (κ1) is 17.4. The van der Waals surface area contributed by atoms with Crippen LogP contribution >= 0.6 is 0 Å². The first-order valence-corrected chi connectivity index (χ1v) is 8.42. The maximum Gasteiger partial charge on any atom is 0.124 e. The number of nitrogens with zero attached hydrogens (tertiary/aromatic N) is 2. The van der Waals surface area contributed by atoms with Crippen LogP contribution in [-0.4, -0.2) is 17.0 Å². The normalized spacial score (nSPS) is 12.5. The Morgan fingerprint density at radius 2 is 1.35 bits per heavy atom. The van der Waals surface area contributed by atoms with Crippen molar-refractivity contribution in [2.75, 3.05) is 0 Å². The average Bonchev–Trinajstić information content (AvgIpc) is 2.70. The van der Waals surface area contributed by atoms with Crippen molar-refractivity contribution in [3.05, 3.63) is 108 Å². The zero-order chi connectivity index (χ0) is 18.2. The van der Waals surface area contributed by atoms with E-state index in [9.17, 15) is 5.11 Å². The SMILES string of the molecule is C\C(=C/C(=N\N=C\c1ccccc1O)c1ccccc1)c1ccccc1. The van der Waals surface area contributed by atoms with Gasteiger partial charge in [-0.2, -0.15) is 10.2 Å². The highest BCUT2D eigenvalue weighted by atomic mass is 16.3. The summed E-state index contributed by atoms with van der Waals surface area (Å²) in [5.74, 6) is 0.184. The maximum atomic E-state index is 9.84. The molecule has 0 bridgehead atoms. The topological polar surface area (TPSA) is 45.0 Å². The van der Waals surface area contributed by atoms with Crippen LogP contribution in [0.25, 0.3) is 5.57 Å². The van der Waals surface area contributed by atoms with Crippen molar-refractivity contribution in [1.82, 2.24) is 0 Å². The number of phenolic OH excluding ortho intramolecular Hbond substituents is 1. The zero-order valence-corrected chi connectivity index (χ0v) is 14.6. The average molecular weight is 340 g/mol. The van der Waals surface area contributed by atoms with Crippen molar-refractivity contribution in [1.29, 1.82) is 0 Å². The Bertz CT molecular complexity index is 942. The molecule has 1 N–H and O–H groups in total. The van der Waals surface area contributed by atoms with E-state index in [1.54, 1.807) is 24.4 Å². The van der Waals surface area contributed by atoms with Gasteiger partial charge in [0.05, 0.1) is 11.9 Å². The molecule has 26 heavy (non-hydrogen) atoms. The van der Waals surface area contributed by atoms with E-state index in [1.165, 1.54) is 0 Å². The molecule has 0 spiro atoms. The van der Waals surface area contributed by atoms with Gasteiger partial charge in [0.15, 0.2) is 0 Å². The van der Waals surface area contributed by atoms with E-state index in [0.717, 1.165) is 22.4 Å². The van der Waals surface area contributed by atoms with Crippen LogP contribution in [0, 0.1) is 0 Å². The van der Waals surface area contributed by atoms with Gasteiger partial charge < -0.3 is 5.11 Å². The second-order valence-electron chi connectivity index (χ2n) is 5.85. The Hall–Kier alpha value is -3.46. The summed E-state index contributed by atoms with van der Waals surface area (Å²) in [7, 11) is 0. The molecular weight excluding hydrogens is 320 g/mol. The molecule has 3 aromatic rings. The van der Waals surface area contributed by atoms with E-state index in [2.05, 4.69) is 29.3 Å². The quantitative estimate of drug-likeness (QED) is 0.496. The van der Waals surface area contributed by atoms with E-state index >= 15 is 0 Å². The molecule has 0 aromatic heterocycles. The molecule has 0 aliphatic carbocycles. The molecule has 3 rings (SSSR count). The van der Waals surface area contributed by atoms with Crippen LogP contribution in [-0.2, 0) is 0 Å². The Labute approximate surface area is 153 Å². The van der Waals surface area contributed by atoms with Crippen LogP contribution in [0.1, 0.15) is 23.6 Å². The molecule has 0 aliphatic heterocycles. The molecule has 3 nitrogen and oxygen atoms in total. The van der Waals surface area contributed by atoms with Crippen LogP contribution in [0.4, 0.5) is 0 Å². The second kappa shape index (κ2) is 8.58. The first-order chi connectivity index (χ1) is 12.7. The number of aromatic hydroxyl groups is 1. The van der Waals surface area contributed by atoms with Crippen molar-refractivity contribution in [3.8, 4) is 5.75 Å². The predicted octanol–water partition coefficient (Wildman–Crippen LogP) is 5.32. The summed E-state index contributed by atoms with van der Waals surface area (Å²) >= 11 is 0. The van der Waals surface area contributed by atoms with E-state index in [4.69, 9.17) is 0 Å². The number of phenols is 1. The van der Waals surface area contributed by atoms with Crippen LogP contribution in [0.15, 0.2) is 101 Å². The number of allylic oxidation sites excluding steroid dienone is 2. The van der Waals surface area contributed by atoms with E-state index in [-0.39, 0.29) is 5.75 Å². The summed E-state index contributed by atoms with van der Waals surface area (Å²) in [6.45, 7) is 2.06. The van der Waals surface area contributed by atoms with Crippen molar-refractivity contribution in [2.45, 2.75) is 6.92 Å². The highest BCUT2D eigenvalue weighted by Gasteiger charge is 2.03. The molecular formula is C23H20N2O. The van der Waals surface area contributed by atoms with Crippen molar-refractivity contribution < 1.29 is 5.11 Å². The third-order valence-electron chi connectivity index (χ3n) is 3.95. The zero-order valence-electron chi connectivity index (χ0n) is 14.6. The lowest BCUT2D eigenvalue weighted by Crippen LogP contribution is -1.97. The molecule has 0 aliphatic rings. The Morgan fingerprint density at radius 3 is 2.00 bits per heavy atom. The van der Waals surface area contributed by atoms with Crippen LogP contribution in [0.3, 0.4) is 0 Å². The fourth-order valence-corrected chi connectivity index (χ4v) is 2.52. The standard InChI is InChI=1S/C23H20N2O/c1-18(19-10-4-2-5-11-19)16-22(20-12-6-3-7-13-20)25-24-17-21-14-8-9-15-23(21)26/h2-17,26H,1H3/b18-16+,24-17+,25-22+. The third-order valence-corrected chi connectivity index (χ3v) is 3.95. The van der Waals surface area contributed by atoms with Gasteiger partial charge in [-0.25, -0.2) is 0 Å². The number of benzene rings is 3. The summed E-state index contributed by atoms with van der Waals surface area (Å²) in [5, 5.41) is 18.4. The number of hydrogen-bond donors (Lipinski definition) is 1. The van der Waals surface area contributed by atoms with Gasteiger partial charge in [-0.15, -0.1) is 0 Å². The molecule has 3 heteroatoms. The number of rotatable bonds is 5. The lowest BCUT2D eigenvalue weighted by Gasteiger charge is -2.04. The van der Waals surface area contributed by atoms with Crippen molar-refractivity contribution >= 4 is 17.5 Å². The summed E-state index contributed by atoms with van der Waals surface area (Å²) in [6, 6.07) is 27.1. The molecule has 128 valence electrons. The lowest BCUT2D eigenvalue weighted by atomic mass is 10.0. The van der Waals surface area contributed by atoms with Gasteiger partial charge in [0, 0.05) is 11.1 Å². The van der Waals surface area contributed by atoms with Gasteiger partial charge in [0.1, 0.15) is 5.75 Å². The van der Waals surface area contributed by atoms with E-state index in [1.807, 2.05) is 60.7 Å². The van der Waals surface area contributed by atoms with Crippen LogP contribution in [0.5, 0.6) is 5.75 Å². The summed E-state index contributed by atoms with van der Waals surface area (Å²) < 4.78 is 0. The summed E-state index contributed by atoms with van der Waals surface area (Å²) in [4.78, 5) is 0. The van der Waals surface area contributed by atoms with Crippen LogP contribution in [0.2, 0.25) is 0 Å². The lowest BCUT2D eigenvalue weighted by molar-refractivity contribution is 0.474. The van der Waals surface area contributed by atoms with Gasteiger partial charge >= 0.3 is 0 Å². The Morgan fingerprint density at radius 1 is 0.769 bits per heavy atom. The molecule has 0 radical (unpaired) electrons. The molecule has 0 unspecified atom stereocenters. The molecule has 0 saturated heterocycles. The molecule has 0 saturated carbocycles. The summed E-state index contributed by atoms with van der Waals surface area (Å²) in [6.07, 6.45) is 3.58. The minimum atomic E-state index is 0.184. The van der Waals surface area contributed by atoms with Gasteiger partial charge in [-0.3, -0.25) is 0 Å². The highest BCUT2D eigenvalue weighted by molar-refractivity contribution is 6.12. The Balaban J connectivity index is 1.95. The highest BCUT2D eigenvalue weighted by Crippen LogP contribution is 2.16. The monoisotopic (exact) mass is 340 g/mol. The predicted molar refractivity (Wildman–Crippen MR) is 109 cm³/mol. The largest absolute Gasteiger partial charge is 0.507 e. The minimum Gasteiger partial charge on any atom is -0.507 e. The minimum absolute atomic E-state index is 0.184. The molecule has 0 heterocycles. The van der Waals surface area contributed by atoms with Gasteiger partial charge in [-0.05, 0) is 36.3 Å². The first-order valence-electron chi connectivity index (χ1n) is 8.42. The fourth-order valence-electron chi connectivity index (χ4n) is 2.52. The van der Waals surface area contributed by atoms with E-state index in [0.29, 0.717) is 5.56 Å². The number of para-hydroxylation sites is 1. The van der Waals surface area contributed by atoms with Gasteiger partial charge in [0.25, 0.3) is 0 Å². The summed E-state index contributed by atoms with van der Waals surface area (Å²) in [5.41, 5.74) is 4.62. The van der Waals surface area contributed by atoms with Crippen molar-refractivity contribution in [3.63, 3.8) is 0 Å².